The second-order valence-electron chi connectivity index (χ2n) is 4.55. The van der Waals surface area contributed by atoms with Crippen LogP contribution >= 0.6 is 22.9 Å². The summed E-state index contributed by atoms with van der Waals surface area (Å²) < 4.78 is 0.706. The average molecular weight is 325 g/mol. The highest BCUT2D eigenvalue weighted by Gasteiger charge is 2.14. The van der Waals surface area contributed by atoms with Crippen molar-refractivity contribution in [2.75, 3.05) is 11.9 Å². The van der Waals surface area contributed by atoms with Gasteiger partial charge in [0.2, 0.25) is 0 Å². The number of rotatable bonds is 6. The Morgan fingerprint density at radius 1 is 1.38 bits per heavy atom. The van der Waals surface area contributed by atoms with E-state index in [1.165, 1.54) is 17.5 Å². The molecule has 0 aromatic carbocycles. The van der Waals surface area contributed by atoms with Crippen LogP contribution in [0.5, 0.6) is 0 Å². The number of nitrogens with zero attached hydrogens (tertiary/aromatic N) is 2. The lowest BCUT2D eigenvalue weighted by Crippen LogP contribution is -2.27. The van der Waals surface area contributed by atoms with Crippen molar-refractivity contribution in [2.24, 2.45) is 0 Å². The van der Waals surface area contributed by atoms with Gasteiger partial charge in [0.05, 0.1) is 22.8 Å². The van der Waals surface area contributed by atoms with E-state index >= 15 is 0 Å². The highest BCUT2D eigenvalue weighted by molar-refractivity contribution is 7.16. The van der Waals surface area contributed by atoms with E-state index in [2.05, 4.69) is 27.5 Å². The number of halogens is 1. The summed E-state index contributed by atoms with van der Waals surface area (Å²) in [5.41, 5.74) is 0.298. The van der Waals surface area contributed by atoms with Gasteiger partial charge >= 0.3 is 0 Å². The Morgan fingerprint density at radius 2 is 2.19 bits per heavy atom. The first-order valence-corrected chi connectivity index (χ1v) is 7.91. The Kier molecular flexibility index (Phi) is 5.52. The fourth-order valence-corrected chi connectivity index (χ4v) is 2.76. The molecule has 2 aromatic heterocycles. The third-order valence-corrected chi connectivity index (χ3v) is 4.22. The summed E-state index contributed by atoms with van der Waals surface area (Å²) in [5, 5.41) is 5.99. The molecule has 1 amide bonds. The molecule has 0 spiro atoms. The van der Waals surface area contributed by atoms with Crippen LogP contribution in [0.1, 0.15) is 41.7 Å². The lowest BCUT2D eigenvalue weighted by Gasteiger charge is -2.11. The first-order chi connectivity index (χ1) is 10.1. The molecular formula is C14H17ClN4OS. The Labute approximate surface area is 132 Å². The number of aromatic nitrogens is 2. The minimum atomic E-state index is -0.249. The van der Waals surface area contributed by atoms with Gasteiger partial charge in [-0.2, -0.15) is 0 Å². The van der Waals surface area contributed by atoms with Crippen molar-refractivity contribution in [3.63, 3.8) is 0 Å². The minimum Gasteiger partial charge on any atom is -0.369 e. The van der Waals surface area contributed by atoms with Crippen LogP contribution in [-0.2, 0) is 0 Å². The summed E-state index contributed by atoms with van der Waals surface area (Å²) >= 11 is 7.34. The molecule has 1 unspecified atom stereocenters. The molecule has 112 valence electrons. The predicted octanol–water partition coefficient (Wildman–Crippen LogP) is 3.50. The van der Waals surface area contributed by atoms with Gasteiger partial charge in [-0.1, -0.05) is 18.5 Å². The lowest BCUT2D eigenvalue weighted by atomic mass is 10.2. The molecule has 2 aromatic rings. The molecule has 2 N–H and O–H groups in total. The quantitative estimate of drug-likeness (QED) is 0.853. The molecule has 0 saturated carbocycles. The highest BCUT2D eigenvalue weighted by Crippen LogP contribution is 2.26. The Morgan fingerprint density at radius 3 is 2.76 bits per heavy atom. The third-order valence-electron chi connectivity index (χ3n) is 2.81. The summed E-state index contributed by atoms with van der Waals surface area (Å²) in [7, 11) is 0. The molecule has 0 radical (unpaired) electrons. The van der Waals surface area contributed by atoms with Crippen molar-refractivity contribution in [1.82, 2.24) is 15.3 Å². The van der Waals surface area contributed by atoms with Crippen LogP contribution in [0.2, 0.25) is 4.34 Å². The van der Waals surface area contributed by atoms with Crippen molar-refractivity contribution in [3.05, 3.63) is 39.4 Å². The zero-order valence-corrected chi connectivity index (χ0v) is 13.5. The Hall–Kier alpha value is -1.66. The van der Waals surface area contributed by atoms with Crippen LogP contribution < -0.4 is 10.6 Å². The molecule has 0 saturated heterocycles. The zero-order chi connectivity index (χ0) is 15.2. The SMILES string of the molecule is CCCNc1cnc(C(=O)NC(C)c2ccc(Cl)s2)cn1. The largest absolute Gasteiger partial charge is 0.369 e. The van der Waals surface area contributed by atoms with Crippen LogP contribution in [0.4, 0.5) is 5.82 Å². The fourth-order valence-electron chi connectivity index (χ4n) is 1.69. The van der Waals surface area contributed by atoms with Gasteiger partial charge in [0.25, 0.3) is 5.91 Å². The number of hydrogen-bond acceptors (Lipinski definition) is 5. The molecule has 2 rings (SSSR count). The van der Waals surface area contributed by atoms with Crippen LogP contribution in [-0.4, -0.2) is 22.4 Å². The number of thiophene rings is 1. The van der Waals surface area contributed by atoms with E-state index in [4.69, 9.17) is 11.6 Å². The van der Waals surface area contributed by atoms with Gasteiger partial charge < -0.3 is 10.6 Å². The number of carbonyl (C=O) groups is 1. The molecule has 1 atom stereocenters. The topological polar surface area (TPSA) is 66.9 Å². The standard InChI is InChI=1S/C14H17ClN4OS/c1-3-6-16-13-8-17-10(7-18-13)14(20)19-9(2)11-4-5-12(15)21-11/h4-5,7-9H,3,6H2,1-2H3,(H,16,18)(H,19,20). The average Bonchev–Trinajstić information content (AvgIpc) is 2.92. The van der Waals surface area contributed by atoms with Gasteiger partial charge in [0.1, 0.15) is 11.5 Å². The smallest absolute Gasteiger partial charge is 0.271 e. The van der Waals surface area contributed by atoms with E-state index in [0.29, 0.717) is 15.8 Å². The molecule has 5 nitrogen and oxygen atoms in total. The monoisotopic (exact) mass is 324 g/mol. The minimum absolute atomic E-state index is 0.116. The zero-order valence-electron chi connectivity index (χ0n) is 11.9. The Balaban J connectivity index is 1.96. The van der Waals surface area contributed by atoms with Crippen LogP contribution in [0.25, 0.3) is 0 Å². The van der Waals surface area contributed by atoms with Crippen molar-refractivity contribution in [2.45, 2.75) is 26.3 Å². The first-order valence-electron chi connectivity index (χ1n) is 6.72. The maximum absolute atomic E-state index is 12.1. The van der Waals surface area contributed by atoms with Crippen LogP contribution in [0, 0.1) is 0 Å². The molecule has 21 heavy (non-hydrogen) atoms. The predicted molar refractivity (Wildman–Crippen MR) is 86.0 cm³/mol. The van der Waals surface area contributed by atoms with E-state index in [-0.39, 0.29) is 11.9 Å². The van der Waals surface area contributed by atoms with Gasteiger partial charge in [-0.05, 0) is 25.5 Å². The normalized spacial score (nSPS) is 12.0. The summed E-state index contributed by atoms with van der Waals surface area (Å²) in [6.45, 7) is 4.81. The van der Waals surface area contributed by atoms with Crippen molar-refractivity contribution < 1.29 is 4.79 Å². The number of amides is 1. The van der Waals surface area contributed by atoms with E-state index in [0.717, 1.165) is 17.8 Å². The van der Waals surface area contributed by atoms with Gasteiger partial charge in [0.15, 0.2) is 0 Å². The molecule has 0 fully saturated rings. The molecule has 7 heteroatoms. The summed E-state index contributed by atoms with van der Waals surface area (Å²) in [6, 6.07) is 3.61. The second-order valence-corrected chi connectivity index (χ2v) is 6.30. The number of anilines is 1. The van der Waals surface area contributed by atoms with Crippen molar-refractivity contribution in [1.29, 1.82) is 0 Å². The highest BCUT2D eigenvalue weighted by atomic mass is 35.5. The van der Waals surface area contributed by atoms with E-state index in [9.17, 15) is 4.79 Å². The number of nitrogens with one attached hydrogen (secondary N) is 2. The molecule has 0 aliphatic carbocycles. The van der Waals surface area contributed by atoms with Crippen LogP contribution in [0.15, 0.2) is 24.5 Å². The lowest BCUT2D eigenvalue weighted by molar-refractivity contribution is 0.0935. The van der Waals surface area contributed by atoms with Crippen molar-refractivity contribution >= 4 is 34.7 Å². The van der Waals surface area contributed by atoms with E-state index < -0.39 is 0 Å². The third kappa shape index (κ3) is 4.41. The summed E-state index contributed by atoms with van der Waals surface area (Å²) in [5.74, 6) is 0.424. The summed E-state index contributed by atoms with van der Waals surface area (Å²) in [4.78, 5) is 21.4. The Bertz CT molecular complexity index is 599. The fraction of sp³-hybridized carbons (Fsp3) is 0.357. The summed E-state index contributed by atoms with van der Waals surface area (Å²) in [6.07, 6.45) is 4.05. The van der Waals surface area contributed by atoms with Gasteiger partial charge in [-0.15, -0.1) is 11.3 Å². The maximum Gasteiger partial charge on any atom is 0.271 e. The molecule has 2 heterocycles. The number of carbonyl (C=O) groups excluding carboxylic acids is 1. The van der Waals surface area contributed by atoms with Gasteiger partial charge in [-0.25, -0.2) is 9.97 Å². The molecular weight excluding hydrogens is 308 g/mol. The maximum atomic E-state index is 12.1. The van der Waals surface area contributed by atoms with Gasteiger partial charge in [-0.3, -0.25) is 4.79 Å². The second kappa shape index (κ2) is 7.38. The van der Waals surface area contributed by atoms with Crippen molar-refractivity contribution in [3.8, 4) is 0 Å². The number of hydrogen-bond donors (Lipinski definition) is 2. The first kappa shape index (κ1) is 15.7. The van der Waals surface area contributed by atoms with E-state index in [1.807, 2.05) is 19.1 Å². The van der Waals surface area contributed by atoms with E-state index in [1.54, 1.807) is 6.20 Å². The van der Waals surface area contributed by atoms with Crippen LogP contribution in [0.3, 0.4) is 0 Å². The molecule has 0 aliphatic rings. The molecule has 0 bridgehead atoms. The van der Waals surface area contributed by atoms with Gasteiger partial charge in [0, 0.05) is 11.4 Å². The molecule has 0 aliphatic heterocycles.